The first-order valence-corrected chi connectivity index (χ1v) is 9.08. The minimum Gasteiger partial charge on any atom is -0.370 e. The summed E-state index contributed by atoms with van der Waals surface area (Å²) < 4.78 is 26.9. The number of piperidine rings is 1. The van der Waals surface area contributed by atoms with E-state index in [1.807, 2.05) is 46.7 Å². The highest BCUT2D eigenvalue weighted by atomic mass is 32.1. The fourth-order valence-electron chi connectivity index (χ4n) is 3.05. The molecule has 1 fully saturated rings. The van der Waals surface area contributed by atoms with E-state index in [2.05, 4.69) is 4.98 Å². The summed E-state index contributed by atoms with van der Waals surface area (Å²) in [7, 11) is 0. The van der Waals surface area contributed by atoms with Crippen LogP contribution in [0.3, 0.4) is 0 Å². The Morgan fingerprint density at radius 1 is 1.04 bits per heavy atom. The largest absolute Gasteiger partial charge is 0.370 e. The van der Waals surface area contributed by atoms with Crippen LogP contribution >= 0.6 is 11.3 Å². The van der Waals surface area contributed by atoms with Gasteiger partial charge in [0, 0.05) is 60.5 Å². The number of aromatic nitrogens is 2. The molecule has 0 amide bonds. The normalized spacial score (nSPS) is 16.8. The van der Waals surface area contributed by atoms with Gasteiger partial charge in [0.05, 0.1) is 5.69 Å². The van der Waals surface area contributed by atoms with Crippen LogP contribution in [-0.2, 0) is 0 Å². The molecule has 0 bridgehead atoms. The molecule has 6 heteroatoms. The molecule has 0 unspecified atom stereocenters. The van der Waals surface area contributed by atoms with E-state index in [-0.39, 0.29) is 12.8 Å². The monoisotopic (exact) mass is 357 g/mol. The standard InChI is InChI=1S/C19H17F2N3S/c20-19(21)7-10-24(11-8-19)17-6-9-22-12-15(17)16-13-25-18(23-16)14-4-2-1-3-5-14/h1-6,9,12-13H,7-8,10-11H2. The van der Waals surface area contributed by atoms with Crippen molar-refractivity contribution in [3.05, 3.63) is 54.2 Å². The van der Waals surface area contributed by atoms with E-state index in [0.717, 1.165) is 27.5 Å². The van der Waals surface area contributed by atoms with Crippen LogP contribution in [-0.4, -0.2) is 29.0 Å². The number of alkyl halides is 2. The fraction of sp³-hybridized carbons (Fsp3) is 0.263. The van der Waals surface area contributed by atoms with Crippen molar-refractivity contribution in [2.75, 3.05) is 18.0 Å². The van der Waals surface area contributed by atoms with Gasteiger partial charge >= 0.3 is 0 Å². The third-order valence-electron chi connectivity index (χ3n) is 4.43. The summed E-state index contributed by atoms with van der Waals surface area (Å²) in [5, 5.41) is 2.94. The molecule has 0 radical (unpaired) electrons. The Bertz CT molecular complexity index is 854. The van der Waals surface area contributed by atoms with Gasteiger partial charge < -0.3 is 4.90 Å². The Hall–Kier alpha value is -2.34. The molecule has 3 nitrogen and oxygen atoms in total. The molecule has 1 aromatic carbocycles. The van der Waals surface area contributed by atoms with E-state index in [4.69, 9.17) is 4.98 Å². The highest BCUT2D eigenvalue weighted by molar-refractivity contribution is 7.13. The van der Waals surface area contributed by atoms with Gasteiger partial charge in [-0.1, -0.05) is 30.3 Å². The molecule has 1 saturated heterocycles. The van der Waals surface area contributed by atoms with Gasteiger partial charge in [-0.3, -0.25) is 4.98 Å². The number of rotatable bonds is 3. The van der Waals surface area contributed by atoms with Crippen LogP contribution < -0.4 is 4.90 Å². The predicted octanol–water partition coefficient (Wildman–Crippen LogP) is 5.11. The van der Waals surface area contributed by atoms with Crippen molar-refractivity contribution in [1.29, 1.82) is 0 Å². The van der Waals surface area contributed by atoms with E-state index in [0.29, 0.717) is 13.1 Å². The molecule has 2 aromatic heterocycles. The van der Waals surface area contributed by atoms with Crippen molar-refractivity contribution in [1.82, 2.24) is 9.97 Å². The zero-order chi connectivity index (χ0) is 17.3. The van der Waals surface area contributed by atoms with Crippen LogP contribution in [0.25, 0.3) is 21.8 Å². The Balaban J connectivity index is 1.65. The number of nitrogens with zero attached hydrogens (tertiary/aromatic N) is 3. The molecule has 0 spiro atoms. The summed E-state index contributed by atoms with van der Waals surface area (Å²) in [5.74, 6) is -2.55. The molecule has 0 N–H and O–H groups in total. The summed E-state index contributed by atoms with van der Waals surface area (Å²) in [6.45, 7) is 0.694. The number of thiazole rings is 1. The van der Waals surface area contributed by atoms with Crippen LogP contribution in [0.5, 0.6) is 0 Å². The second-order valence-corrected chi connectivity index (χ2v) is 7.00. The Morgan fingerprint density at radius 3 is 2.56 bits per heavy atom. The first-order valence-electron chi connectivity index (χ1n) is 8.20. The molecule has 4 rings (SSSR count). The molecule has 3 aromatic rings. The number of pyridine rings is 1. The topological polar surface area (TPSA) is 29.0 Å². The third kappa shape index (κ3) is 3.39. The highest BCUT2D eigenvalue weighted by Gasteiger charge is 2.34. The number of anilines is 1. The summed E-state index contributed by atoms with van der Waals surface area (Å²) >= 11 is 1.58. The third-order valence-corrected chi connectivity index (χ3v) is 5.33. The molecule has 3 heterocycles. The number of hydrogen-bond donors (Lipinski definition) is 0. The van der Waals surface area contributed by atoms with Crippen LogP contribution in [0.15, 0.2) is 54.2 Å². The maximum atomic E-state index is 13.5. The Kier molecular flexibility index (Phi) is 4.21. The highest BCUT2D eigenvalue weighted by Crippen LogP contribution is 2.37. The van der Waals surface area contributed by atoms with E-state index >= 15 is 0 Å². The summed E-state index contributed by atoms with van der Waals surface area (Å²) in [4.78, 5) is 11.0. The lowest BCUT2D eigenvalue weighted by Gasteiger charge is -2.34. The number of benzene rings is 1. The van der Waals surface area contributed by atoms with Crippen LogP contribution in [0, 0.1) is 0 Å². The van der Waals surface area contributed by atoms with Gasteiger partial charge in [-0.05, 0) is 6.07 Å². The van der Waals surface area contributed by atoms with Gasteiger partial charge in [0.25, 0.3) is 5.92 Å². The van der Waals surface area contributed by atoms with E-state index in [9.17, 15) is 8.78 Å². The van der Waals surface area contributed by atoms with E-state index < -0.39 is 5.92 Å². The lowest BCUT2D eigenvalue weighted by atomic mass is 10.0. The molecule has 25 heavy (non-hydrogen) atoms. The second-order valence-electron chi connectivity index (χ2n) is 6.14. The van der Waals surface area contributed by atoms with E-state index in [1.165, 1.54) is 0 Å². The number of hydrogen-bond acceptors (Lipinski definition) is 4. The SMILES string of the molecule is FC1(F)CCN(c2ccncc2-c2csc(-c3ccccc3)n2)CC1. The van der Waals surface area contributed by atoms with Gasteiger partial charge in [-0.2, -0.15) is 0 Å². The predicted molar refractivity (Wildman–Crippen MR) is 97.2 cm³/mol. The molecule has 0 atom stereocenters. The zero-order valence-corrected chi connectivity index (χ0v) is 14.3. The van der Waals surface area contributed by atoms with Crippen molar-refractivity contribution < 1.29 is 8.78 Å². The fourth-order valence-corrected chi connectivity index (χ4v) is 3.87. The second kappa shape index (κ2) is 6.52. The lowest BCUT2D eigenvalue weighted by molar-refractivity contribution is -0.0220. The van der Waals surface area contributed by atoms with Crippen LogP contribution in [0.1, 0.15) is 12.8 Å². The lowest BCUT2D eigenvalue weighted by Crippen LogP contribution is -2.39. The van der Waals surface area contributed by atoms with Crippen molar-refractivity contribution in [3.63, 3.8) is 0 Å². The quantitative estimate of drug-likeness (QED) is 0.652. The minimum atomic E-state index is -2.55. The summed E-state index contributed by atoms with van der Waals surface area (Å²) in [6.07, 6.45) is 3.25. The molecule has 1 aliphatic heterocycles. The number of halogens is 2. The minimum absolute atomic E-state index is 0.110. The summed E-state index contributed by atoms with van der Waals surface area (Å²) in [6, 6.07) is 11.9. The average Bonchev–Trinajstić information content (AvgIpc) is 3.13. The molecule has 0 saturated carbocycles. The van der Waals surface area contributed by atoms with Crippen LogP contribution in [0.4, 0.5) is 14.5 Å². The van der Waals surface area contributed by atoms with Crippen LogP contribution in [0.2, 0.25) is 0 Å². The molecular weight excluding hydrogens is 340 g/mol. The zero-order valence-electron chi connectivity index (χ0n) is 13.5. The van der Waals surface area contributed by atoms with Gasteiger partial charge in [-0.15, -0.1) is 11.3 Å². The first kappa shape index (κ1) is 16.1. The smallest absolute Gasteiger partial charge is 0.251 e. The first-order chi connectivity index (χ1) is 12.1. The van der Waals surface area contributed by atoms with Gasteiger partial charge in [0.1, 0.15) is 5.01 Å². The Labute approximate surface area is 149 Å². The van der Waals surface area contributed by atoms with E-state index in [1.54, 1.807) is 23.7 Å². The maximum Gasteiger partial charge on any atom is 0.251 e. The Morgan fingerprint density at radius 2 is 1.80 bits per heavy atom. The summed E-state index contributed by atoms with van der Waals surface area (Å²) in [5.41, 5.74) is 3.73. The molecular formula is C19H17F2N3S. The van der Waals surface area contributed by atoms with Crippen molar-refractivity contribution in [2.45, 2.75) is 18.8 Å². The molecule has 1 aliphatic rings. The average molecular weight is 357 g/mol. The van der Waals surface area contributed by atoms with Gasteiger partial charge in [0.2, 0.25) is 0 Å². The van der Waals surface area contributed by atoms with Gasteiger partial charge in [-0.25, -0.2) is 13.8 Å². The van der Waals surface area contributed by atoms with Crippen molar-refractivity contribution in [3.8, 4) is 21.8 Å². The molecule has 128 valence electrons. The molecule has 0 aliphatic carbocycles. The maximum absolute atomic E-state index is 13.5. The van der Waals surface area contributed by atoms with Crippen molar-refractivity contribution in [2.24, 2.45) is 0 Å². The van der Waals surface area contributed by atoms with Crippen molar-refractivity contribution >= 4 is 17.0 Å². The van der Waals surface area contributed by atoms with Gasteiger partial charge in [0.15, 0.2) is 0 Å².